The SMILES string of the molecule is CCN(CC)C(=O)COc1ccc(C2C(C#N)=C(N)Oc3c2c(C)nn3-c2ccc(C)cc2)cc1OC. The molecule has 0 spiro atoms. The molecule has 4 rings (SSSR count). The summed E-state index contributed by atoms with van der Waals surface area (Å²) in [5.41, 5.74) is 10.7. The summed E-state index contributed by atoms with van der Waals surface area (Å²) < 4.78 is 19.0. The van der Waals surface area contributed by atoms with E-state index in [1.165, 1.54) is 7.11 Å². The van der Waals surface area contributed by atoms with Crippen molar-refractivity contribution < 1.29 is 19.0 Å². The van der Waals surface area contributed by atoms with Gasteiger partial charge in [0.05, 0.1) is 30.0 Å². The molecular formula is C28H31N5O4. The lowest BCUT2D eigenvalue weighted by Crippen LogP contribution is -2.34. The lowest BCUT2D eigenvalue weighted by molar-refractivity contribution is -0.132. The topological polar surface area (TPSA) is 116 Å². The second-order valence-electron chi connectivity index (χ2n) is 8.74. The van der Waals surface area contributed by atoms with Crippen LogP contribution in [0.3, 0.4) is 0 Å². The molecule has 1 aliphatic rings. The predicted molar refractivity (Wildman–Crippen MR) is 139 cm³/mol. The van der Waals surface area contributed by atoms with Gasteiger partial charge < -0.3 is 24.8 Å². The van der Waals surface area contributed by atoms with Gasteiger partial charge in [-0.3, -0.25) is 4.79 Å². The van der Waals surface area contributed by atoms with Gasteiger partial charge in [-0.25, -0.2) is 4.68 Å². The molecule has 37 heavy (non-hydrogen) atoms. The fraction of sp³-hybridized carbons (Fsp3) is 0.321. The summed E-state index contributed by atoms with van der Waals surface area (Å²) in [5, 5.41) is 14.7. The second kappa shape index (κ2) is 10.7. The van der Waals surface area contributed by atoms with Gasteiger partial charge in [0.1, 0.15) is 11.6 Å². The van der Waals surface area contributed by atoms with Crippen LogP contribution in [0.5, 0.6) is 17.4 Å². The van der Waals surface area contributed by atoms with Crippen LogP contribution in [0, 0.1) is 25.2 Å². The Morgan fingerprint density at radius 2 is 1.86 bits per heavy atom. The molecule has 0 saturated carbocycles. The minimum Gasteiger partial charge on any atom is -0.493 e. The van der Waals surface area contributed by atoms with E-state index in [0.717, 1.165) is 22.4 Å². The molecule has 1 aromatic heterocycles. The van der Waals surface area contributed by atoms with E-state index in [-0.39, 0.29) is 24.0 Å². The maximum Gasteiger partial charge on any atom is 0.260 e. The van der Waals surface area contributed by atoms with E-state index in [1.54, 1.807) is 21.7 Å². The Kier molecular flexibility index (Phi) is 7.39. The highest BCUT2D eigenvalue weighted by molar-refractivity contribution is 5.77. The Balaban J connectivity index is 1.74. The van der Waals surface area contributed by atoms with E-state index in [4.69, 9.17) is 25.0 Å². The number of amides is 1. The van der Waals surface area contributed by atoms with E-state index in [0.29, 0.717) is 36.2 Å². The van der Waals surface area contributed by atoms with E-state index in [9.17, 15) is 10.1 Å². The van der Waals surface area contributed by atoms with Crippen LogP contribution in [0.15, 0.2) is 53.9 Å². The molecule has 0 bridgehead atoms. The van der Waals surface area contributed by atoms with Crippen molar-refractivity contribution in [3.8, 4) is 29.1 Å². The summed E-state index contributed by atoms with van der Waals surface area (Å²) in [5.74, 6) is 0.739. The molecule has 2 N–H and O–H groups in total. The number of hydrogen-bond acceptors (Lipinski definition) is 7. The van der Waals surface area contributed by atoms with Gasteiger partial charge in [-0.05, 0) is 57.5 Å². The van der Waals surface area contributed by atoms with Gasteiger partial charge in [-0.2, -0.15) is 10.4 Å². The molecule has 0 radical (unpaired) electrons. The number of carbonyl (C=O) groups is 1. The molecule has 0 fully saturated rings. The first-order valence-electron chi connectivity index (χ1n) is 12.1. The van der Waals surface area contributed by atoms with Crippen LogP contribution in [0.25, 0.3) is 5.69 Å². The van der Waals surface area contributed by atoms with E-state index >= 15 is 0 Å². The van der Waals surface area contributed by atoms with Crippen molar-refractivity contribution in [1.29, 1.82) is 5.26 Å². The van der Waals surface area contributed by atoms with Gasteiger partial charge in [-0.1, -0.05) is 23.8 Å². The minimum atomic E-state index is -0.520. The molecule has 9 nitrogen and oxygen atoms in total. The van der Waals surface area contributed by atoms with Crippen LogP contribution in [0.4, 0.5) is 0 Å². The Hall–Kier alpha value is -4.45. The van der Waals surface area contributed by atoms with Crippen molar-refractivity contribution in [3.05, 3.63) is 76.3 Å². The summed E-state index contributed by atoms with van der Waals surface area (Å²) in [7, 11) is 1.53. The quantitative estimate of drug-likeness (QED) is 0.497. The van der Waals surface area contributed by atoms with E-state index in [1.807, 2.05) is 58.0 Å². The highest BCUT2D eigenvalue weighted by atomic mass is 16.5. The number of methoxy groups -OCH3 is 1. The molecule has 192 valence electrons. The number of ether oxygens (including phenoxy) is 3. The number of aryl methyl sites for hydroxylation is 2. The number of nitrogens with two attached hydrogens (primary N) is 1. The van der Waals surface area contributed by atoms with E-state index < -0.39 is 5.92 Å². The first-order valence-corrected chi connectivity index (χ1v) is 12.1. The molecule has 1 aliphatic heterocycles. The van der Waals surface area contributed by atoms with Gasteiger partial charge in [-0.15, -0.1) is 0 Å². The number of aromatic nitrogens is 2. The maximum absolute atomic E-state index is 12.4. The molecule has 0 aliphatic carbocycles. The predicted octanol–water partition coefficient (Wildman–Crippen LogP) is 3.96. The third kappa shape index (κ3) is 4.83. The second-order valence-corrected chi connectivity index (χ2v) is 8.74. The van der Waals surface area contributed by atoms with Gasteiger partial charge in [0.2, 0.25) is 11.8 Å². The third-order valence-electron chi connectivity index (χ3n) is 6.50. The summed E-state index contributed by atoms with van der Waals surface area (Å²) in [6.07, 6.45) is 0. The first-order chi connectivity index (χ1) is 17.8. The lowest BCUT2D eigenvalue weighted by atomic mass is 9.84. The van der Waals surface area contributed by atoms with Crippen LogP contribution in [0.2, 0.25) is 0 Å². The van der Waals surface area contributed by atoms with Crippen LogP contribution in [-0.2, 0) is 4.79 Å². The normalized spacial score (nSPS) is 14.4. The number of nitrogens with zero attached hydrogens (tertiary/aromatic N) is 4. The first kappa shape index (κ1) is 25.6. The molecule has 2 heterocycles. The Morgan fingerprint density at radius 1 is 1.16 bits per heavy atom. The number of hydrogen-bond donors (Lipinski definition) is 1. The minimum absolute atomic E-state index is 0.0253. The van der Waals surface area contributed by atoms with Crippen molar-refractivity contribution in [2.75, 3.05) is 26.8 Å². The zero-order valence-electron chi connectivity index (χ0n) is 21.7. The summed E-state index contributed by atoms with van der Waals surface area (Å²) in [4.78, 5) is 14.1. The lowest BCUT2D eigenvalue weighted by Gasteiger charge is -2.25. The highest BCUT2D eigenvalue weighted by Crippen LogP contribution is 2.46. The Bertz CT molecular complexity index is 1380. The highest BCUT2D eigenvalue weighted by Gasteiger charge is 2.36. The fourth-order valence-corrected chi connectivity index (χ4v) is 4.50. The summed E-state index contributed by atoms with van der Waals surface area (Å²) in [6.45, 7) is 8.87. The summed E-state index contributed by atoms with van der Waals surface area (Å²) >= 11 is 0. The number of carbonyl (C=O) groups excluding carboxylic acids is 1. The van der Waals surface area contributed by atoms with Crippen molar-refractivity contribution in [1.82, 2.24) is 14.7 Å². The van der Waals surface area contributed by atoms with Crippen molar-refractivity contribution in [2.24, 2.45) is 5.73 Å². The standard InChI is InChI=1S/C28H31N5O4/c1-6-32(7-2)24(34)16-36-22-13-10-19(14-23(22)35-5)26-21(15-29)27(30)37-28-25(26)18(4)31-33(28)20-11-8-17(3)9-12-20/h8-14,26H,6-7,16,30H2,1-5H3. The van der Waals surface area contributed by atoms with Crippen LogP contribution in [0.1, 0.15) is 42.1 Å². The third-order valence-corrected chi connectivity index (χ3v) is 6.50. The molecule has 1 unspecified atom stereocenters. The molecule has 9 heteroatoms. The average Bonchev–Trinajstić information content (AvgIpc) is 3.23. The fourth-order valence-electron chi connectivity index (χ4n) is 4.50. The number of nitriles is 1. The number of rotatable bonds is 8. The number of fused-ring (bicyclic) bond motifs is 1. The number of benzene rings is 2. The van der Waals surface area contributed by atoms with E-state index in [2.05, 4.69) is 6.07 Å². The molecule has 2 aromatic carbocycles. The maximum atomic E-state index is 12.4. The molecule has 3 aromatic rings. The van der Waals surface area contributed by atoms with Gasteiger partial charge in [0.15, 0.2) is 18.1 Å². The van der Waals surface area contributed by atoms with Gasteiger partial charge in [0.25, 0.3) is 5.91 Å². The number of allylic oxidation sites excluding steroid dienone is 1. The van der Waals surface area contributed by atoms with Crippen LogP contribution >= 0.6 is 0 Å². The molecule has 0 saturated heterocycles. The van der Waals surface area contributed by atoms with Crippen molar-refractivity contribution >= 4 is 5.91 Å². The van der Waals surface area contributed by atoms with Crippen molar-refractivity contribution in [2.45, 2.75) is 33.6 Å². The largest absolute Gasteiger partial charge is 0.493 e. The zero-order valence-corrected chi connectivity index (χ0v) is 21.7. The zero-order chi connectivity index (χ0) is 26.7. The smallest absolute Gasteiger partial charge is 0.260 e. The molecule has 1 atom stereocenters. The number of likely N-dealkylation sites (N-methyl/N-ethyl adjacent to an activating group) is 1. The van der Waals surface area contributed by atoms with Gasteiger partial charge >= 0.3 is 0 Å². The van der Waals surface area contributed by atoms with Crippen LogP contribution in [-0.4, -0.2) is 47.4 Å². The van der Waals surface area contributed by atoms with Crippen LogP contribution < -0.4 is 19.9 Å². The Labute approximate surface area is 216 Å². The molecule has 1 amide bonds. The van der Waals surface area contributed by atoms with Crippen molar-refractivity contribution in [3.63, 3.8) is 0 Å². The monoisotopic (exact) mass is 501 g/mol. The Morgan fingerprint density at radius 3 is 2.49 bits per heavy atom. The average molecular weight is 502 g/mol. The van der Waals surface area contributed by atoms with Gasteiger partial charge in [0, 0.05) is 13.1 Å². The molecular weight excluding hydrogens is 470 g/mol. The summed E-state index contributed by atoms with van der Waals surface area (Å²) in [6, 6.07) is 15.5.